The molecule has 5 aliphatic heterocycles. The van der Waals surface area contributed by atoms with Gasteiger partial charge in [-0.3, -0.25) is 29.1 Å². The Bertz CT molecular complexity index is 3240. The van der Waals surface area contributed by atoms with E-state index in [4.69, 9.17) is 10.5 Å². The van der Waals surface area contributed by atoms with Crippen molar-refractivity contribution in [1.29, 1.82) is 0 Å². The number of carbonyl (C=O) groups is 3. The van der Waals surface area contributed by atoms with Crippen LogP contribution in [0.15, 0.2) is 144 Å². The highest BCUT2D eigenvalue weighted by molar-refractivity contribution is 9.10. The van der Waals surface area contributed by atoms with Gasteiger partial charge >= 0.3 is 19.8 Å². The molecule has 0 spiro atoms. The van der Waals surface area contributed by atoms with Gasteiger partial charge in [0.1, 0.15) is 17.2 Å². The van der Waals surface area contributed by atoms with Gasteiger partial charge in [0.05, 0.1) is 28.3 Å². The number of nitrogen functional groups attached to an aromatic ring is 1. The molecule has 2 fully saturated rings. The predicted octanol–water partition coefficient (Wildman–Crippen LogP) is 12.6. The first-order valence-corrected chi connectivity index (χ1v) is 23.9. The van der Waals surface area contributed by atoms with Gasteiger partial charge in [-0.1, -0.05) is 70.5 Å². The lowest BCUT2D eigenvalue weighted by atomic mass is 9.87. The molecule has 4 atom stereocenters. The number of non-ortho nitro benzene ring substituents is 1. The van der Waals surface area contributed by atoms with E-state index in [1.807, 2.05) is 41.3 Å². The van der Waals surface area contributed by atoms with Crippen LogP contribution in [0.5, 0.6) is 17.2 Å². The first kappa shape index (κ1) is 49.4. The van der Waals surface area contributed by atoms with Gasteiger partial charge in [0.2, 0.25) is 0 Å². The number of para-hydroxylation sites is 3. The number of carbonyl (C=O) groups excluding carboxylic acids is 3. The van der Waals surface area contributed by atoms with E-state index in [1.54, 1.807) is 77.7 Å². The number of hydrogen-bond acceptors (Lipinski definition) is 9. The van der Waals surface area contributed by atoms with E-state index in [0.29, 0.717) is 69.8 Å². The molecule has 0 saturated carbocycles. The van der Waals surface area contributed by atoms with E-state index >= 15 is 0 Å². The standard InChI is InChI=1S/C18H14BrF2NO2.C18H10F2N2O4.C18H16F2N2O2/c19-10-5-6-13-14(9-10)16-12(7-8-22(16)17(13)23)11-3-1-2-4-15(11)24-18(20)21;19-18(20)26-15-4-2-1-3-11(15)12-7-8-21-16(12)14-9-10(22(24)25)5-6-13(14)17(21)23;19-18(20)24-15-4-2-1-3-11(15)12-7-8-22-16(12)14-9-10(21)5-6-13(14)17(22)23/h1-6,9,12,16,18H,7-8H2;1-9,18H;1-6,9,12,16,18H,7-8,21H2/t12-,16-;;/m1../s1. The van der Waals surface area contributed by atoms with Gasteiger partial charge in [-0.15, -0.1) is 0 Å². The highest BCUT2D eigenvalue weighted by atomic mass is 79.9. The molecule has 6 aromatic carbocycles. The van der Waals surface area contributed by atoms with Crippen LogP contribution in [0, 0.1) is 10.1 Å². The summed E-state index contributed by atoms with van der Waals surface area (Å²) in [5.74, 6) is -0.168. The Balaban J connectivity index is 0.000000127. The summed E-state index contributed by atoms with van der Waals surface area (Å²) in [7, 11) is 0. The molecule has 1 aromatic heterocycles. The smallest absolute Gasteiger partial charge is 0.387 e. The number of nitrogens with two attached hydrogens (primary N) is 1. The Morgan fingerprint density at radius 1 is 0.541 bits per heavy atom. The van der Waals surface area contributed by atoms with Gasteiger partial charge in [-0.2, -0.15) is 26.3 Å². The van der Waals surface area contributed by atoms with E-state index < -0.39 is 24.8 Å². The minimum Gasteiger partial charge on any atom is -0.435 e. The Hall–Kier alpha value is -8.13. The molecule has 2 unspecified atom stereocenters. The second kappa shape index (κ2) is 20.1. The third-order valence-electron chi connectivity index (χ3n) is 13.8. The number of hydrogen-bond donors (Lipinski definition) is 1. The van der Waals surface area contributed by atoms with Crippen LogP contribution in [0.25, 0.3) is 22.4 Å². The van der Waals surface area contributed by atoms with Crippen molar-refractivity contribution in [2.45, 2.75) is 56.6 Å². The Labute approximate surface area is 425 Å². The SMILES string of the molecule is Nc1ccc2c(c1)C1C(c3ccccc3OC(F)F)CCN1C2=O.O=C1c2ccc(Br)cc2[C@H]2[C@@H](c3ccccc3OC(F)F)CCN12.O=C1c2ccc([N+](=O)[O-])cc2-c2c(-c3ccccc3OC(F)F)ccn21. The van der Waals surface area contributed by atoms with Crippen molar-refractivity contribution in [2.75, 3.05) is 18.8 Å². The summed E-state index contributed by atoms with van der Waals surface area (Å²) < 4.78 is 92.5. The monoisotopic (exact) mass is 1080 g/mol. The zero-order valence-electron chi connectivity index (χ0n) is 38.4. The minimum atomic E-state index is -3.00. The molecule has 6 heterocycles. The van der Waals surface area contributed by atoms with Gasteiger partial charge in [0.15, 0.2) is 0 Å². The van der Waals surface area contributed by atoms with Crippen molar-refractivity contribution in [3.63, 3.8) is 0 Å². The minimum absolute atomic E-state index is 0.0114. The van der Waals surface area contributed by atoms with Gasteiger partial charge in [-0.05, 0) is 102 Å². The van der Waals surface area contributed by atoms with Crippen LogP contribution in [-0.2, 0) is 0 Å². The summed E-state index contributed by atoms with van der Waals surface area (Å²) in [5.41, 5.74) is 12.9. The number of aromatic nitrogens is 1. The summed E-state index contributed by atoms with van der Waals surface area (Å²) in [6.45, 7) is -7.54. The zero-order chi connectivity index (χ0) is 52.1. The molecular weight excluding hydrogens is 1040 g/mol. The maximum absolute atomic E-state index is 12.7. The number of ether oxygens (including phenoxy) is 3. The van der Waals surface area contributed by atoms with Crippen LogP contribution in [0.3, 0.4) is 0 Å². The number of alkyl halides is 6. The first-order chi connectivity index (χ1) is 35.6. The van der Waals surface area contributed by atoms with Crippen molar-refractivity contribution >= 4 is 45.0 Å². The fourth-order valence-electron chi connectivity index (χ4n) is 10.9. The molecule has 2 amide bonds. The van der Waals surface area contributed by atoms with E-state index in [2.05, 4.69) is 25.4 Å². The largest absolute Gasteiger partial charge is 0.435 e. The molecule has 378 valence electrons. The number of benzene rings is 6. The summed E-state index contributed by atoms with van der Waals surface area (Å²) in [6, 6.07) is 36.0. The second-order valence-corrected chi connectivity index (χ2v) is 18.6. The maximum atomic E-state index is 12.7. The number of nitro groups is 1. The predicted molar refractivity (Wildman–Crippen MR) is 262 cm³/mol. The quantitative estimate of drug-likeness (QED) is 0.0609. The number of fused-ring (bicyclic) bond motifs is 9. The molecule has 20 heteroatoms. The second-order valence-electron chi connectivity index (χ2n) is 17.7. The lowest BCUT2D eigenvalue weighted by Gasteiger charge is -2.23. The van der Waals surface area contributed by atoms with Crippen LogP contribution in [0.1, 0.15) is 90.1 Å². The average molecular weight is 1080 g/mol. The maximum Gasteiger partial charge on any atom is 0.387 e. The molecule has 0 bridgehead atoms. The van der Waals surface area contributed by atoms with Crippen molar-refractivity contribution < 1.29 is 59.9 Å². The molecule has 0 aliphatic carbocycles. The number of nitro benzene ring substituents is 1. The summed E-state index contributed by atoms with van der Waals surface area (Å²) in [6.07, 6.45) is 2.94. The van der Waals surface area contributed by atoms with Crippen molar-refractivity contribution in [3.05, 3.63) is 193 Å². The van der Waals surface area contributed by atoms with Crippen LogP contribution in [-0.4, -0.2) is 69.9 Å². The van der Waals surface area contributed by atoms with Gasteiger partial charge in [0, 0.05) is 81.2 Å². The summed E-state index contributed by atoms with van der Waals surface area (Å²) >= 11 is 3.45. The Morgan fingerprint density at radius 2 is 1.04 bits per heavy atom. The number of anilines is 1. The summed E-state index contributed by atoms with van der Waals surface area (Å²) in [4.78, 5) is 51.8. The molecule has 7 aromatic rings. The van der Waals surface area contributed by atoms with Crippen molar-refractivity contribution in [2.24, 2.45) is 0 Å². The normalized spacial score (nSPS) is 18.5. The first-order valence-electron chi connectivity index (χ1n) is 23.1. The summed E-state index contributed by atoms with van der Waals surface area (Å²) in [5, 5.41) is 11.1. The molecular formula is C54H40BrF6N5O8. The van der Waals surface area contributed by atoms with Gasteiger partial charge in [0.25, 0.3) is 23.4 Å². The van der Waals surface area contributed by atoms with Crippen LogP contribution >= 0.6 is 15.9 Å². The van der Waals surface area contributed by atoms with E-state index in [9.17, 15) is 50.8 Å². The topological polar surface area (TPSA) is 159 Å². The fourth-order valence-corrected chi connectivity index (χ4v) is 11.3. The van der Waals surface area contributed by atoms with Crippen LogP contribution in [0.4, 0.5) is 37.7 Å². The lowest BCUT2D eigenvalue weighted by Crippen LogP contribution is -2.23. The fraction of sp³-hybridized carbons (Fsp3) is 0.204. The zero-order valence-corrected chi connectivity index (χ0v) is 40.0. The number of rotatable bonds is 10. The highest BCUT2D eigenvalue weighted by Crippen LogP contribution is 2.53. The Kier molecular flexibility index (Phi) is 13.4. The van der Waals surface area contributed by atoms with E-state index in [1.165, 1.54) is 35.0 Å². The number of halogens is 7. The van der Waals surface area contributed by atoms with Gasteiger partial charge < -0.3 is 29.7 Å². The molecule has 2 N–H and O–H groups in total. The average Bonchev–Trinajstić information content (AvgIpc) is 4.23. The van der Waals surface area contributed by atoms with E-state index in [0.717, 1.165) is 27.6 Å². The third kappa shape index (κ3) is 9.07. The number of amides is 2. The van der Waals surface area contributed by atoms with Crippen LogP contribution < -0.4 is 19.9 Å². The molecule has 0 radical (unpaired) electrons. The molecule has 12 rings (SSSR count). The van der Waals surface area contributed by atoms with Crippen molar-refractivity contribution in [3.8, 4) is 39.6 Å². The van der Waals surface area contributed by atoms with E-state index in [-0.39, 0.29) is 64.6 Å². The molecule has 5 aliphatic rings. The number of nitrogens with zero attached hydrogens (tertiary/aromatic N) is 4. The highest BCUT2D eigenvalue weighted by Gasteiger charge is 2.48. The van der Waals surface area contributed by atoms with Gasteiger partial charge in [-0.25, -0.2) is 0 Å². The Morgan fingerprint density at radius 3 is 1.61 bits per heavy atom. The third-order valence-corrected chi connectivity index (χ3v) is 14.3. The van der Waals surface area contributed by atoms with Crippen LogP contribution in [0.2, 0.25) is 0 Å². The van der Waals surface area contributed by atoms with Crippen molar-refractivity contribution in [1.82, 2.24) is 14.4 Å². The molecule has 2 saturated heterocycles. The molecule has 13 nitrogen and oxygen atoms in total. The molecule has 74 heavy (non-hydrogen) atoms. The lowest BCUT2D eigenvalue weighted by molar-refractivity contribution is -0.384.